The van der Waals surface area contributed by atoms with Gasteiger partial charge in [0.1, 0.15) is 5.82 Å². The topological polar surface area (TPSA) is 58.2 Å². The van der Waals surface area contributed by atoms with Gasteiger partial charge >= 0.3 is 0 Å². The minimum absolute atomic E-state index is 0.119. The second kappa shape index (κ2) is 5.66. The maximum Gasteiger partial charge on any atom is 0.236 e. The third-order valence-electron chi connectivity index (χ3n) is 2.20. The predicted octanol–water partition coefficient (Wildman–Crippen LogP) is 1.83. The first-order valence-corrected chi connectivity index (χ1v) is 6.90. The molecule has 1 atom stereocenters. The van der Waals surface area contributed by atoms with Crippen molar-refractivity contribution in [1.82, 2.24) is 5.32 Å². The molecule has 1 unspecified atom stereocenters. The molecule has 0 spiro atoms. The monoisotopic (exact) mass is 280 g/mol. The van der Waals surface area contributed by atoms with Crippen LogP contribution in [0.3, 0.4) is 0 Å². The summed E-state index contributed by atoms with van der Waals surface area (Å²) in [4.78, 5) is 0. The molecule has 0 saturated heterocycles. The lowest BCUT2D eigenvalue weighted by atomic mass is 10.3. The fraction of sp³-hybridized carbons (Fsp3) is 0.400. The molecule has 0 bridgehead atoms. The zero-order valence-corrected chi connectivity index (χ0v) is 11.1. The van der Waals surface area contributed by atoms with Crippen LogP contribution in [0.2, 0.25) is 5.02 Å². The van der Waals surface area contributed by atoms with E-state index in [0.717, 1.165) is 6.07 Å². The summed E-state index contributed by atoms with van der Waals surface area (Å²) in [5, 5.41) is 2.05. The SMILES string of the molecule is CNCC(C)S(=O)(=O)Nc1ccc(F)c(Cl)c1. The van der Waals surface area contributed by atoms with E-state index in [2.05, 4.69) is 10.0 Å². The van der Waals surface area contributed by atoms with Crippen molar-refractivity contribution in [1.29, 1.82) is 0 Å². The fourth-order valence-electron chi connectivity index (χ4n) is 1.22. The van der Waals surface area contributed by atoms with Crippen molar-refractivity contribution in [3.05, 3.63) is 29.0 Å². The molecule has 0 aromatic heterocycles. The maximum absolute atomic E-state index is 12.9. The summed E-state index contributed by atoms with van der Waals surface area (Å²) in [6.07, 6.45) is 0. The second-order valence-electron chi connectivity index (χ2n) is 3.64. The molecule has 17 heavy (non-hydrogen) atoms. The molecule has 0 radical (unpaired) electrons. The highest BCUT2D eigenvalue weighted by Gasteiger charge is 2.20. The van der Waals surface area contributed by atoms with Gasteiger partial charge in [-0.05, 0) is 32.2 Å². The van der Waals surface area contributed by atoms with Crippen LogP contribution in [0.15, 0.2) is 18.2 Å². The maximum atomic E-state index is 12.9. The van der Waals surface area contributed by atoms with E-state index in [1.807, 2.05) is 0 Å². The van der Waals surface area contributed by atoms with Crippen molar-refractivity contribution in [2.24, 2.45) is 0 Å². The lowest BCUT2D eigenvalue weighted by Gasteiger charge is -2.14. The third-order valence-corrected chi connectivity index (χ3v) is 4.24. The molecule has 0 fully saturated rings. The first kappa shape index (κ1) is 14.2. The lowest BCUT2D eigenvalue weighted by molar-refractivity contribution is 0.583. The average Bonchev–Trinajstić information content (AvgIpc) is 2.23. The van der Waals surface area contributed by atoms with Gasteiger partial charge in [-0.3, -0.25) is 4.72 Å². The molecule has 0 heterocycles. The van der Waals surface area contributed by atoms with Gasteiger partial charge in [-0.2, -0.15) is 0 Å². The summed E-state index contributed by atoms with van der Waals surface area (Å²) in [6.45, 7) is 1.90. The molecule has 0 aliphatic carbocycles. The Hall–Kier alpha value is -0.850. The van der Waals surface area contributed by atoms with Gasteiger partial charge in [0.15, 0.2) is 0 Å². The van der Waals surface area contributed by atoms with Crippen LogP contribution in [-0.4, -0.2) is 27.3 Å². The molecular formula is C10H14ClFN2O2S. The number of anilines is 1. The molecule has 1 aromatic carbocycles. The van der Waals surface area contributed by atoms with Crippen molar-refractivity contribution >= 4 is 27.3 Å². The molecule has 2 N–H and O–H groups in total. The van der Waals surface area contributed by atoms with E-state index in [0.29, 0.717) is 6.54 Å². The summed E-state index contributed by atoms with van der Waals surface area (Å²) >= 11 is 5.56. The Morgan fingerprint density at radius 1 is 1.47 bits per heavy atom. The van der Waals surface area contributed by atoms with Crippen LogP contribution in [0.5, 0.6) is 0 Å². The number of hydrogen-bond acceptors (Lipinski definition) is 3. The normalized spacial score (nSPS) is 13.4. The summed E-state index contributed by atoms with van der Waals surface area (Å²) < 4.78 is 38.8. The number of hydrogen-bond donors (Lipinski definition) is 2. The molecule has 0 saturated carbocycles. The van der Waals surface area contributed by atoms with E-state index in [1.165, 1.54) is 12.1 Å². The molecule has 7 heteroatoms. The van der Waals surface area contributed by atoms with Gasteiger partial charge in [-0.25, -0.2) is 12.8 Å². The number of rotatable bonds is 5. The molecule has 1 rings (SSSR count). The van der Waals surface area contributed by atoms with E-state index in [4.69, 9.17) is 11.6 Å². The Bertz CT molecular complexity index is 493. The standard InChI is InChI=1S/C10H14ClFN2O2S/c1-7(6-13-2)17(15,16)14-8-3-4-10(12)9(11)5-8/h3-5,7,13-14H,6H2,1-2H3. The van der Waals surface area contributed by atoms with Gasteiger partial charge in [0.25, 0.3) is 0 Å². The second-order valence-corrected chi connectivity index (χ2v) is 6.15. The minimum Gasteiger partial charge on any atom is -0.318 e. The summed E-state index contributed by atoms with van der Waals surface area (Å²) in [7, 11) is -1.83. The Balaban J connectivity index is 2.86. The first-order chi connectivity index (χ1) is 7.86. The highest BCUT2D eigenvalue weighted by Crippen LogP contribution is 2.20. The van der Waals surface area contributed by atoms with Gasteiger partial charge in [-0.15, -0.1) is 0 Å². The average molecular weight is 281 g/mol. The predicted molar refractivity (Wildman–Crippen MR) is 67.3 cm³/mol. The van der Waals surface area contributed by atoms with E-state index < -0.39 is 21.1 Å². The quantitative estimate of drug-likeness (QED) is 0.865. The fourth-order valence-corrected chi connectivity index (χ4v) is 2.44. The van der Waals surface area contributed by atoms with E-state index in [1.54, 1.807) is 14.0 Å². The Morgan fingerprint density at radius 3 is 2.65 bits per heavy atom. The van der Waals surface area contributed by atoms with Crippen LogP contribution < -0.4 is 10.0 Å². The highest BCUT2D eigenvalue weighted by molar-refractivity contribution is 7.93. The smallest absolute Gasteiger partial charge is 0.236 e. The Labute approximate surface area is 105 Å². The van der Waals surface area contributed by atoms with Crippen molar-refractivity contribution in [2.45, 2.75) is 12.2 Å². The third kappa shape index (κ3) is 3.83. The van der Waals surface area contributed by atoms with Crippen molar-refractivity contribution in [3.63, 3.8) is 0 Å². The van der Waals surface area contributed by atoms with Crippen molar-refractivity contribution in [2.75, 3.05) is 18.3 Å². The number of benzene rings is 1. The van der Waals surface area contributed by atoms with Crippen molar-refractivity contribution in [3.8, 4) is 0 Å². The first-order valence-electron chi connectivity index (χ1n) is 4.98. The summed E-state index contributed by atoms with van der Waals surface area (Å²) in [6, 6.07) is 3.67. The molecule has 0 aliphatic rings. The number of nitrogens with one attached hydrogen (secondary N) is 2. The van der Waals surface area contributed by atoms with E-state index >= 15 is 0 Å². The molecule has 0 amide bonds. The van der Waals surface area contributed by atoms with Crippen LogP contribution in [0.1, 0.15) is 6.92 Å². The molecule has 96 valence electrons. The lowest BCUT2D eigenvalue weighted by Crippen LogP contribution is -2.33. The number of sulfonamides is 1. The van der Waals surface area contributed by atoms with Crippen LogP contribution in [0.25, 0.3) is 0 Å². The molecule has 1 aromatic rings. The van der Waals surface area contributed by atoms with Crippen LogP contribution in [-0.2, 0) is 10.0 Å². The van der Waals surface area contributed by atoms with E-state index in [9.17, 15) is 12.8 Å². The largest absolute Gasteiger partial charge is 0.318 e. The van der Waals surface area contributed by atoms with Crippen LogP contribution in [0.4, 0.5) is 10.1 Å². The summed E-state index contributed by atoms with van der Waals surface area (Å²) in [5.41, 5.74) is 0.249. The van der Waals surface area contributed by atoms with Crippen molar-refractivity contribution < 1.29 is 12.8 Å². The molecule has 0 aliphatic heterocycles. The zero-order valence-electron chi connectivity index (χ0n) is 9.50. The minimum atomic E-state index is -3.50. The Morgan fingerprint density at radius 2 is 2.12 bits per heavy atom. The molecular weight excluding hydrogens is 267 g/mol. The number of halogens is 2. The van der Waals surface area contributed by atoms with E-state index in [-0.39, 0.29) is 10.7 Å². The van der Waals surface area contributed by atoms with Crippen LogP contribution >= 0.6 is 11.6 Å². The summed E-state index contributed by atoms with van der Waals surface area (Å²) in [5.74, 6) is -0.585. The van der Waals surface area contributed by atoms with Crippen LogP contribution in [0, 0.1) is 5.82 Å². The highest BCUT2D eigenvalue weighted by atomic mass is 35.5. The van der Waals surface area contributed by atoms with Gasteiger partial charge in [-0.1, -0.05) is 11.6 Å². The molecule has 4 nitrogen and oxygen atoms in total. The van der Waals surface area contributed by atoms with Gasteiger partial charge < -0.3 is 5.32 Å². The van der Waals surface area contributed by atoms with Gasteiger partial charge in [0, 0.05) is 6.54 Å². The van der Waals surface area contributed by atoms with Gasteiger partial charge in [0.2, 0.25) is 10.0 Å². The van der Waals surface area contributed by atoms with Gasteiger partial charge in [0.05, 0.1) is 16.0 Å². The zero-order chi connectivity index (χ0) is 13.1. The Kier molecular flexibility index (Phi) is 4.73.